The molecule has 1 N–H and O–H groups in total. The van der Waals surface area contributed by atoms with Gasteiger partial charge in [-0.05, 0) is 6.42 Å². The first kappa shape index (κ1) is 35.7. The summed E-state index contributed by atoms with van der Waals surface area (Å²) in [7, 11) is 4.75. The van der Waals surface area contributed by atoms with Gasteiger partial charge in [0.25, 0.3) is 7.82 Å². The van der Waals surface area contributed by atoms with Gasteiger partial charge in [0.15, 0.2) is 0 Å². The van der Waals surface area contributed by atoms with Crippen molar-refractivity contribution in [1.29, 1.82) is 0 Å². The fraction of sp³-hybridized carbons (Fsp3) is 0.962. The zero-order valence-electron chi connectivity index (χ0n) is 23.4. The van der Waals surface area contributed by atoms with Crippen LogP contribution in [0.25, 0.3) is 0 Å². The Morgan fingerprint density at radius 2 is 1.12 bits per heavy atom. The average Bonchev–Trinajstić information content (AvgIpc) is 2.79. The Labute approximate surface area is 211 Å². The van der Waals surface area contributed by atoms with Crippen LogP contribution in [-0.2, 0) is 18.4 Å². The van der Waals surface area contributed by atoms with Gasteiger partial charge in [-0.1, -0.05) is 96.8 Å². The van der Waals surface area contributed by atoms with E-state index in [0.717, 1.165) is 44.6 Å². The number of hydrogen-bond acceptors (Lipinski definition) is 5. The lowest BCUT2D eigenvalue weighted by Gasteiger charge is -2.23. The molecule has 0 saturated carbocycles. The minimum Gasteiger partial charge on any atom is -0.756 e. The van der Waals surface area contributed by atoms with Gasteiger partial charge in [-0.15, -0.1) is 0 Å². The molecule has 34 heavy (non-hydrogen) atoms. The highest BCUT2D eigenvalue weighted by molar-refractivity contribution is 7.45. The zero-order chi connectivity index (χ0) is 26.1. The molecule has 0 unspecified atom stereocenters. The molecule has 0 fully saturated rings. The van der Waals surface area contributed by atoms with Crippen LogP contribution in [0, 0.1) is 0 Å². The Hall–Kier alpha value is -0.460. The first-order chi connectivity index (χ1) is 16.1. The number of phosphoric ester groups is 1. The van der Waals surface area contributed by atoms with Crippen LogP contribution < -0.4 is 10.2 Å². The summed E-state index contributed by atoms with van der Waals surface area (Å²) in [4.78, 5) is 21.7. The summed E-state index contributed by atoms with van der Waals surface area (Å²) in [6.07, 6.45) is 22.3. The lowest BCUT2D eigenvalue weighted by atomic mass is 10.0. The number of quaternary nitrogens is 1. The van der Waals surface area contributed by atoms with E-state index in [0.29, 0.717) is 6.42 Å². The third-order valence-electron chi connectivity index (χ3n) is 5.78. The molecular weight excluding hydrogens is 451 g/mol. The summed E-state index contributed by atoms with van der Waals surface area (Å²) in [5.74, 6) is 0.242. The number of rotatable bonds is 22. The van der Waals surface area contributed by atoms with E-state index < -0.39 is 7.82 Å². The molecule has 0 heterocycles. The molecule has 0 aromatic carbocycles. The van der Waals surface area contributed by atoms with E-state index >= 15 is 0 Å². The van der Waals surface area contributed by atoms with Crippen molar-refractivity contribution in [2.24, 2.45) is 0 Å². The number of carbonyl (C=O) groups excluding carboxylic acids is 1. The zero-order valence-corrected chi connectivity index (χ0v) is 24.3. The highest BCUT2D eigenvalue weighted by Crippen LogP contribution is 2.34. The van der Waals surface area contributed by atoms with Gasteiger partial charge in [-0.3, -0.25) is 9.36 Å². The van der Waals surface area contributed by atoms with Crippen LogP contribution in [0.5, 0.6) is 0 Å². The fourth-order valence-electron chi connectivity index (χ4n) is 3.60. The summed E-state index contributed by atoms with van der Waals surface area (Å²) in [6, 6.07) is 0. The van der Waals surface area contributed by atoms with Crippen molar-refractivity contribution in [2.75, 3.05) is 48.5 Å². The van der Waals surface area contributed by atoms with Crippen molar-refractivity contribution >= 4 is 13.7 Å². The standard InChI is InChI=1S/C24H50N2O.C2H7O4P/c1-5-6-7-8-9-10-11-12-13-14-15-16-17-18-19-21-24(27)25-22-20-23-26(2,3)4;1-5-7(3,4)6-2/h5-23H2,1-4H3;1-2H3,(H,3,4). The van der Waals surface area contributed by atoms with Crippen LogP contribution in [0.4, 0.5) is 0 Å². The quantitative estimate of drug-likeness (QED) is 0.107. The van der Waals surface area contributed by atoms with Crippen molar-refractivity contribution < 1.29 is 27.8 Å². The Kier molecular flexibility index (Phi) is 25.5. The van der Waals surface area contributed by atoms with E-state index in [-0.39, 0.29) is 5.91 Å². The van der Waals surface area contributed by atoms with Crippen molar-refractivity contribution in [3.05, 3.63) is 0 Å². The summed E-state index contributed by atoms with van der Waals surface area (Å²) in [5, 5.41) is 3.06. The first-order valence-corrected chi connectivity index (χ1v) is 15.0. The van der Waals surface area contributed by atoms with Crippen molar-refractivity contribution in [1.82, 2.24) is 5.32 Å². The van der Waals surface area contributed by atoms with Gasteiger partial charge in [0.05, 0.1) is 27.7 Å². The Morgan fingerprint density at radius 3 is 1.44 bits per heavy atom. The monoisotopic (exact) mass is 508 g/mol. The molecule has 7 nitrogen and oxygen atoms in total. The van der Waals surface area contributed by atoms with E-state index in [1.165, 1.54) is 89.9 Å². The molecule has 0 saturated heterocycles. The third-order valence-corrected chi connectivity index (χ3v) is 6.68. The molecule has 0 atom stereocenters. The summed E-state index contributed by atoms with van der Waals surface area (Å²) < 4.78 is 18.6. The topological polar surface area (TPSA) is 87.7 Å². The lowest BCUT2D eigenvalue weighted by Crippen LogP contribution is -2.37. The number of unbranched alkanes of at least 4 members (excludes halogenated alkanes) is 14. The van der Waals surface area contributed by atoms with Crippen molar-refractivity contribution in [3.63, 3.8) is 0 Å². The van der Waals surface area contributed by atoms with Gasteiger partial charge in [0.2, 0.25) is 5.91 Å². The number of carbonyl (C=O) groups is 1. The second kappa shape index (κ2) is 24.2. The summed E-state index contributed by atoms with van der Waals surface area (Å²) in [5.41, 5.74) is 0. The van der Waals surface area contributed by atoms with Crippen LogP contribution >= 0.6 is 7.82 Å². The third kappa shape index (κ3) is 31.5. The molecule has 0 aromatic rings. The van der Waals surface area contributed by atoms with Gasteiger partial charge >= 0.3 is 0 Å². The van der Waals surface area contributed by atoms with Crippen molar-refractivity contribution in [3.8, 4) is 0 Å². The Balaban J connectivity index is 0. The fourth-order valence-corrected chi connectivity index (χ4v) is 3.75. The highest BCUT2D eigenvalue weighted by Gasteiger charge is 2.06. The van der Waals surface area contributed by atoms with E-state index in [2.05, 4.69) is 42.4 Å². The number of nitrogens with zero attached hydrogens (tertiary/aromatic N) is 1. The molecule has 0 aromatic heterocycles. The van der Waals surface area contributed by atoms with Gasteiger partial charge in [-0.25, -0.2) is 0 Å². The highest BCUT2D eigenvalue weighted by atomic mass is 31.2. The molecule has 1 amide bonds. The molecule has 0 aliphatic heterocycles. The van der Waals surface area contributed by atoms with Crippen LogP contribution in [0.2, 0.25) is 0 Å². The largest absolute Gasteiger partial charge is 0.756 e. The van der Waals surface area contributed by atoms with E-state index in [1.54, 1.807) is 0 Å². The minimum atomic E-state index is -3.90. The molecule has 206 valence electrons. The predicted octanol–water partition coefficient (Wildman–Crippen LogP) is 6.21. The Bertz CT molecular complexity index is 490. The number of hydrogen-bond donors (Lipinski definition) is 1. The van der Waals surface area contributed by atoms with Crippen LogP contribution in [0.1, 0.15) is 116 Å². The average molecular weight is 509 g/mol. The van der Waals surface area contributed by atoms with Crippen LogP contribution in [0.3, 0.4) is 0 Å². The van der Waals surface area contributed by atoms with Gasteiger partial charge in [0, 0.05) is 33.6 Å². The molecule has 8 heteroatoms. The van der Waals surface area contributed by atoms with Gasteiger partial charge in [-0.2, -0.15) is 0 Å². The smallest absolute Gasteiger partial charge is 0.267 e. The number of phosphoric acid groups is 1. The van der Waals surface area contributed by atoms with Crippen molar-refractivity contribution in [2.45, 2.75) is 116 Å². The Morgan fingerprint density at radius 1 is 0.735 bits per heavy atom. The molecule has 0 bridgehead atoms. The molecule has 0 aliphatic rings. The molecular formula is C26H57N2O5P. The number of amides is 1. The second-order valence-corrected chi connectivity index (χ2v) is 11.9. The first-order valence-electron chi connectivity index (χ1n) is 13.6. The number of nitrogens with one attached hydrogen (secondary N) is 1. The summed E-state index contributed by atoms with van der Waals surface area (Å²) >= 11 is 0. The molecule has 0 aliphatic carbocycles. The second-order valence-electron chi connectivity index (χ2n) is 10.2. The normalized spacial score (nSPS) is 11.7. The molecule has 0 rings (SSSR count). The van der Waals surface area contributed by atoms with E-state index in [1.807, 2.05) is 0 Å². The molecule has 0 spiro atoms. The van der Waals surface area contributed by atoms with Gasteiger partial charge in [0.1, 0.15) is 0 Å². The maximum atomic E-state index is 11.8. The predicted molar refractivity (Wildman–Crippen MR) is 142 cm³/mol. The van der Waals surface area contributed by atoms with Crippen LogP contribution in [-0.4, -0.2) is 58.8 Å². The maximum Gasteiger partial charge on any atom is 0.267 e. The molecule has 0 radical (unpaired) electrons. The van der Waals surface area contributed by atoms with Gasteiger partial charge < -0.3 is 23.7 Å². The minimum absolute atomic E-state index is 0.242. The summed E-state index contributed by atoms with van der Waals surface area (Å²) in [6.45, 7) is 4.22. The lowest BCUT2D eigenvalue weighted by molar-refractivity contribution is -0.870. The van der Waals surface area contributed by atoms with E-state index in [4.69, 9.17) is 0 Å². The van der Waals surface area contributed by atoms with E-state index in [9.17, 15) is 14.3 Å². The SMILES string of the molecule is CCCCCCCCCCCCCCCCCC(=O)NCCC[N+](C)(C)C.COP(=O)([O-])OC. The maximum absolute atomic E-state index is 11.8. The van der Waals surface area contributed by atoms with Crippen LogP contribution in [0.15, 0.2) is 0 Å².